The van der Waals surface area contributed by atoms with Gasteiger partial charge in [-0.2, -0.15) is 4.31 Å². The number of sulfonamides is 1. The number of nitrogens with one attached hydrogen (secondary N) is 1. The van der Waals surface area contributed by atoms with Gasteiger partial charge < -0.3 is 10.4 Å². The maximum absolute atomic E-state index is 13.5. The predicted octanol–water partition coefficient (Wildman–Crippen LogP) is 4.65. The molecule has 1 saturated heterocycles. The molecule has 3 aromatic rings. The molecule has 1 aromatic heterocycles. The second kappa shape index (κ2) is 16.0. The molecule has 1 fully saturated rings. The van der Waals surface area contributed by atoms with Crippen molar-refractivity contribution in [3.05, 3.63) is 95.8 Å². The number of carboxylic acid groups (broad SMARTS) is 1. The molecule has 0 aliphatic carbocycles. The van der Waals surface area contributed by atoms with Gasteiger partial charge in [0, 0.05) is 36.9 Å². The molecule has 1 unspecified atom stereocenters. The Labute approximate surface area is 263 Å². The number of ketones is 1. The lowest BCUT2D eigenvalue weighted by molar-refractivity contribution is -0.142. The molecule has 0 saturated carbocycles. The molecule has 234 valence electrons. The molecule has 9 nitrogen and oxygen atoms in total. The fraction of sp³-hybridized carbons (Fsp3) is 0.394. The first-order valence-corrected chi connectivity index (χ1v) is 17.4. The number of unbranched alkanes of at least 4 members (excludes halogenated alkanes) is 2. The topological polar surface area (TPSA) is 134 Å². The van der Waals surface area contributed by atoms with Gasteiger partial charge in [-0.3, -0.25) is 14.6 Å². The number of rotatable bonds is 16. The van der Waals surface area contributed by atoms with Crippen molar-refractivity contribution in [3.63, 3.8) is 0 Å². The first kappa shape index (κ1) is 33.4. The minimum atomic E-state index is -3.97. The standard InChI is InChI=1S/C33H39N3O6S2/c1-2-31-36(44(41,42)28-14-7-4-8-15-28)30(23-43-31)32(38)35-29(33(39)40)22-25-18-16-24(17-19-25)21-27(37)13-6-3-5-11-26-12-9-10-20-34-26/h4,7-10,12,14-20,29-31H,2-3,5-6,11,13,21-23H2,1H3,(H,35,38)(H,39,40)/t29-,30-,31?/m0/s1. The van der Waals surface area contributed by atoms with Gasteiger partial charge in [0.25, 0.3) is 0 Å². The van der Waals surface area contributed by atoms with Crippen LogP contribution in [0.3, 0.4) is 0 Å². The predicted molar refractivity (Wildman–Crippen MR) is 171 cm³/mol. The third kappa shape index (κ3) is 8.99. The van der Waals surface area contributed by atoms with E-state index >= 15 is 0 Å². The minimum absolute atomic E-state index is 0.0219. The van der Waals surface area contributed by atoms with Crippen LogP contribution >= 0.6 is 11.8 Å². The SMILES string of the molecule is CCC1SC[C@@H](C(=O)N[C@@H](Cc2ccc(CC(=O)CCCCCc3ccccn3)cc2)C(=O)O)N1S(=O)(=O)c1ccccc1. The Morgan fingerprint density at radius 3 is 2.34 bits per heavy atom. The number of amides is 1. The maximum Gasteiger partial charge on any atom is 0.326 e. The minimum Gasteiger partial charge on any atom is -0.480 e. The number of aromatic nitrogens is 1. The lowest BCUT2D eigenvalue weighted by atomic mass is 10.00. The molecule has 11 heteroatoms. The number of nitrogens with zero attached hydrogens (tertiary/aromatic N) is 2. The number of aliphatic carboxylic acids is 1. The number of hydrogen-bond acceptors (Lipinski definition) is 7. The summed E-state index contributed by atoms with van der Waals surface area (Å²) >= 11 is 1.37. The molecular formula is C33H39N3O6S2. The molecule has 1 aliphatic heterocycles. The second-order valence-electron chi connectivity index (χ2n) is 10.9. The van der Waals surface area contributed by atoms with Crippen LogP contribution in [0.5, 0.6) is 0 Å². The zero-order valence-electron chi connectivity index (χ0n) is 24.8. The average molecular weight is 638 g/mol. The van der Waals surface area contributed by atoms with Gasteiger partial charge in [-0.05, 0) is 61.1 Å². The number of carbonyl (C=O) groups excluding carboxylic acids is 2. The van der Waals surface area contributed by atoms with Crippen molar-refractivity contribution in [3.8, 4) is 0 Å². The molecule has 1 aliphatic rings. The van der Waals surface area contributed by atoms with E-state index in [1.54, 1.807) is 36.5 Å². The van der Waals surface area contributed by atoms with Gasteiger partial charge >= 0.3 is 5.97 Å². The highest BCUT2D eigenvalue weighted by Gasteiger charge is 2.46. The molecular weight excluding hydrogens is 599 g/mol. The molecule has 2 heterocycles. The van der Waals surface area contributed by atoms with Crippen molar-refractivity contribution >= 4 is 39.4 Å². The summed E-state index contributed by atoms with van der Waals surface area (Å²) in [4.78, 5) is 42.4. The summed E-state index contributed by atoms with van der Waals surface area (Å²) in [5.41, 5.74) is 2.59. The third-order valence-corrected chi connectivity index (χ3v) is 11.1. The van der Waals surface area contributed by atoms with Crippen LogP contribution in [0.15, 0.2) is 83.9 Å². The molecule has 4 rings (SSSR count). The summed E-state index contributed by atoms with van der Waals surface area (Å²) in [6.07, 6.45) is 6.80. The monoisotopic (exact) mass is 637 g/mol. The number of thioether (sulfide) groups is 1. The third-order valence-electron chi connectivity index (χ3n) is 7.60. The number of benzene rings is 2. The highest BCUT2D eigenvalue weighted by Crippen LogP contribution is 2.36. The van der Waals surface area contributed by atoms with Gasteiger partial charge in [0.1, 0.15) is 17.9 Å². The lowest BCUT2D eigenvalue weighted by Gasteiger charge is -2.28. The molecule has 0 bridgehead atoms. The van der Waals surface area contributed by atoms with Crippen molar-refractivity contribution in [1.82, 2.24) is 14.6 Å². The van der Waals surface area contributed by atoms with Crippen LogP contribution in [0.4, 0.5) is 0 Å². The van der Waals surface area contributed by atoms with Gasteiger partial charge in [0.05, 0.1) is 10.3 Å². The summed E-state index contributed by atoms with van der Waals surface area (Å²) in [6.45, 7) is 1.86. The Morgan fingerprint density at radius 1 is 0.977 bits per heavy atom. The highest BCUT2D eigenvalue weighted by molar-refractivity contribution is 8.01. The van der Waals surface area contributed by atoms with Gasteiger partial charge in [0.2, 0.25) is 15.9 Å². The van der Waals surface area contributed by atoms with Crippen molar-refractivity contribution in [2.45, 2.75) is 80.6 Å². The number of Topliss-reactive ketones (excluding diaryl/α,β-unsaturated/α-hetero) is 1. The van der Waals surface area contributed by atoms with Crippen LogP contribution < -0.4 is 5.32 Å². The van der Waals surface area contributed by atoms with Crippen molar-refractivity contribution in [2.75, 3.05) is 5.75 Å². The van der Waals surface area contributed by atoms with E-state index in [4.69, 9.17) is 0 Å². The largest absolute Gasteiger partial charge is 0.480 e. The smallest absolute Gasteiger partial charge is 0.326 e. The Hall–Kier alpha value is -3.54. The van der Waals surface area contributed by atoms with Crippen LogP contribution in [0, 0.1) is 0 Å². The van der Waals surface area contributed by atoms with Crippen LogP contribution in [0.25, 0.3) is 0 Å². The number of carboxylic acids is 1. The summed E-state index contributed by atoms with van der Waals surface area (Å²) in [6, 6.07) is 18.7. The Balaban J connectivity index is 1.30. The van der Waals surface area contributed by atoms with E-state index in [1.165, 1.54) is 28.2 Å². The lowest BCUT2D eigenvalue weighted by Crippen LogP contribution is -2.53. The molecule has 0 spiro atoms. The van der Waals surface area contributed by atoms with Crippen LogP contribution in [0.2, 0.25) is 0 Å². The summed E-state index contributed by atoms with van der Waals surface area (Å²) < 4.78 is 28.2. The van der Waals surface area contributed by atoms with E-state index in [2.05, 4.69) is 10.3 Å². The summed E-state index contributed by atoms with van der Waals surface area (Å²) in [7, 11) is -3.97. The van der Waals surface area contributed by atoms with E-state index < -0.39 is 39.4 Å². The number of pyridine rings is 1. The molecule has 44 heavy (non-hydrogen) atoms. The molecule has 1 amide bonds. The van der Waals surface area contributed by atoms with Gasteiger partial charge in [-0.1, -0.05) is 61.9 Å². The van der Waals surface area contributed by atoms with Gasteiger partial charge in [-0.25, -0.2) is 13.2 Å². The number of hydrogen-bond donors (Lipinski definition) is 2. The molecule has 2 aromatic carbocycles. The van der Waals surface area contributed by atoms with Gasteiger partial charge in [0.15, 0.2) is 0 Å². The van der Waals surface area contributed by atoms with E-state index in [9.17, 15) is 27.9 Å². The van der Waals surface area contributed by atoms with E-state index in [1.807, 2.05) is 37.3 Å². The maximum atomic E-state index is 13.5. The quantitative estimate of drug-likeness (QED) is 0.217. The fourth-order valence-electron chi connectivity index (χ4n) is 5.24. The molecule has 2 N–H and O–H groups in total. The Bertz CT molecular complexity index is 1500. The van der Waals surface area contributed by atoms with Crippen molar-refractivity contribution in [2.24, 2.45) is 0 Å². The van der Waals surface area contributed by atoms with Crippen LogP contribution in [0.1, 0.15) is 55.8 Å². The zero-order valence-corrected chi connectivity index (χ0v) is 26.4. The van der Waals surface area contributed by atoms with Crippen molar-refractivity contribution < 1.29 is 27.9 Å². The highest BCUT2D eigenvalue weighted by atomic mass is 32.2. The van der Waals surface area contributed by atoms with Crippen molar-refractivity contribution in [1.29, 1.82) is 0 Å². The van der Waals surface area contributed by atoms with Crippen LogP contribution in [-0.4, -0.2) is 63.7 Å². The molecule has 3 atom stereocenters. The first-order chi connectivity index (χ1) is 21.2. The normalized spacial score (nSPS) is 17.7. The number of aryl methyl sites for hydroxylation is 1. The average Bonchev–Trinajstić information content (AvgIpc) is 3.48. The van der Waals surface area contributed by atoms with E-state index in [0.717, 1.165) is 36.9 Å². The van der Waals surface area contributed by atoms with Gasteiger partial charge in [-0.15, -0.1) is 11.8 Å². The first-order valence-electron chi connectivity index (χ1n) is 14.9. The van der Waals surface area contributed by atoms with E-state index in [0.29, 0.717) is 24.8 Å². The Kier molecular flexibility index (Phi) is 12.1. The van der Waals surface area contributed by atoms with Crippen LogP contribution in [-0.2, 0) is 43.7 Å². The summed E-state index contributed by atoms with van der Waals surface area (Å²) in [5.74, 6) is -1.46. The molecule has 0 radical (unpaired) electrons. The zero-order chi connectivity index (χ0) is 31.5. The Morgan fingerprint density at radius 2 is 1.68 bits per heavy atom. The summed E-state index contributed by atoms with van der Waals surface area (Å²) in [5, 5.41) is 12.0. The van der Waals surface area contributed by atoms with E-state index in [-0.39, 0.29) is 22.9 Å². The number of carbonyl (C=O) groups is 3. The second-order valence-corrected chi connectivity index (χ2v) is 13.9. The fourth-order valence-corrected chi connectivity index (χ4v) is 8.81.